The summed E-state index contributed by atoms with van der Waals surface area (Å²) < 4.78 is 0. The number of halogens is 2. The molecule has 0 spiro atoms. The summed E-state index contributed by atoms with van der Waals surface area (Å²) in [6, 6.07) is 19.6. The van der Waals surface area contributed by atoms with Gasteiger partial charge in [0.15, 0.2) is 0 Å². The Balaban J connectivity index is 0.00000162. The Kier molecular flexibility index (Phi) is 9.75. The second kappa shape index (κ2) is 9.78. The van der Waals surface area contributed by atoms with Gasteiger partial charge in [0.05, 0.1) is 0 Å². The molecule has 2 aromatic rings. The van der Waals surface area contributed by atoms with Crippen LogP contribution in [0.5, 0.6) is 0 Å². The van der Waals surface area contributed by atoms with Gasteiger partial charge in [-0.25, -0.2) is 0 Å². The first-order valence-electron chi connectivity index (χ1n) is 5.66. The SMILES string of the molecule is [Cl-].[Mg+2].[O-][C@H](c1ccccc1)C(Br)Cc1ccccc1. The smallest absolute Gasteiger partial charge is 1.00 e. The van der Waals surface area contributed by atoms with E-state index in [0.29, 0.717) is 0 Å². The molecule has 0 N–H and O–H groups in total. The van der Waals surface area contributed by atoms with E-state index in [1.54, 1.807) is 0 Å². The van der Waals surface area contributed by atoms with E-state index in [2.05, 4.69) is 15.9 Å². The summed E-state index contributed by atoms with van der Waals surface area (Å²) in [5.41, 5.74) is 2.02. The van der Waals surface area contributed by atoms with E-state index >= 15 is 0 Å². The third kappa shape index (κ3) is 5.84. The Labute approximate surface area is 145 Å². The van der Waals surface area contributed by atoms with Crippen molar-refractivity contribution >= 4 is 39.0 Å². The summed E-state index contributed by atoms with van der Waals surface area (Å²) >= 11 is 3.50. The van der Waals surface area contributed by atoms with E-state index in [1.165, 1.54) is 5.56 Å². The molecule has 4 heteroatoms. The van der Waals surface area contributed by atoms with Crippen molar-refractivity contribution in [3.63, 3.8) is 0 Å². The van der Waals surface area contributed by atoms with Crippen molar-refractivity contribution in [3.8, 4) is 0 Å². The van der Waals surface area contributed by atoms with Crippen LogP contribution >= 0.6 is 15.9 Å². The van der Waals surface area contributed by atoms with E-state index in [-0.39, 0.29) is 40.3 Å². The van der Waals surface area contributed by atoms with Crippen molar-refractivity contribution in [1.82, 2.24) is 0 Å². The Morgan fingerprint density at radius 3 is 1.89 bits per heavy atom. The molecule has 2 atom stereocenters. The number of alkyl halides is 1. The zero-order valence-corrected chi connectivity index (χ0v) is 14.3. The Hall–Kier alpha value is -0.0638. The van der Waals surface area contributed by atoms with Crippen molar-refractivity contribution in [2.75, 3.05) is 0 Å². The zero-order chi connectivity index (χ0) is 12.1. The molecule has 0 amide bonds. The summed E-state index contributed by atoms with van der Waals surface area (Å²) in [4.78, 5) is -0.0766. The molecule has 0 fully saturated rings. The molecular formula is C15H14BrClMgO. The van der Waals surface area contributed by atoms with Crippen LogP contribution in [0.2, 0.25) is 0 Å². The van der Waals surface area contributed by atoms with Gasteiger partial charge >= 0.3 is 23.1 Å². The average Bonchev–Trinajstić information content (AvgIpc) is 2.40. The molecule has 19 heavy (non-hydrogen) atoms. The first-order chi connectivity index (χ1) is 8.27. The van der Waals surface area contributed by atoms with Crippen LogP contribution in [-0.4, -0.2) is 27.9 Å². The van der Waals surface area contributed by atoms with E-state index in [4.69, 9.17) is 0 Å². The molecule has 0 radical (unpaired) electrons. The third-order valence-electron chi connectivity index (χ3n) is 2.73. The van der Waals surface area contributed by atoms with Crippen LogP contribution in [-0.2, 0) is 6.42 Å². The summed E-state index contributed by atoms with van der Waals surface area (Å²) in [6.45, 7) is 0. The molecule has 0 bridgehead atoms. The van der Waals surface area contributed by atoms with Gasteiger partial charge in [-0.05, 0) is 12.0 Å². The Bertz CT molecular complexity index is 452. The number of rotatable bonds is 4. The van der Waals surface area contributed by atoms with Crippen LogP contribution < -0.4 is 17.5 Å². The first kappa shape index (κ1) is 18.9. The van der Waals surface area contributed by atoms with Gasteiger partial charge in [0.2, 0.25) is 0 Å². The fraction of sp³-hybridized carbons (Fsp3) is 0.200. The molecule has 0 aliphatic carbocycles. The third-order valence-corrected chi connectivity index (χ3v) is 3.53. The van der Waals surface area contributed by atoms with E-state index in [0.717, 1.165) is 12.0 Å². The molecule has 1 unspecified atom stereocenters. The van der Waals surface area contributed by atoms with Crippen LogP contribution in [0.15, 0.2) is 60.7 Å². The zero-order valence-electron chi connectivity index (χ0n) is 10.5. The number of hydrogen-bond acceptors (Lipinski definition) is 1. The van der Waals surface area contributed by atoms with Gasteiger partial charge in [0, 0.05) is 4.83 Å². The van der Waals surface area contributed by atoms with Crippen molar-refractivity contribution in [1.29, 1.82) is 0 Å². The standard InChI is InChI=1S/C15H14BrO.ClH.Mg/c16-14(11-12-7-3-1-4-8-12)15(17)13-9-5-2-6-10-13;;/h1-10,14-15H,11H2;1H;/q-1;;+2/p-1/t14?,15-;;/m1../s1. The molecule has 1 nitrogen and oxygen atoms in total. The molecule has 0 saturated carbocycles. The fourth-order valence-electron chi connectivity index (χ4n) is 1.80. The maximum atomic E-state index is 12.2. The predicted octanol–water partition coefficient (Wildman–Crippen LogP) is -0.283. The van der Waals surface area contributed by atoms with Crippen LogP contribution in [0.3, 0.4) is 0 Å². The Morgan fingerprint density at radius 2 is 1.37 bits per heavy atom. The van der Waals surface area contributed by atoms with Gasteiger partial charge in [-0.1, -0.05) is 88.3 Å². The van der Waals surface area contributed by atoms with Gasteiger partial charge in [0.1, 0.15) is 0 Å². The minimum atomic E-state index is -0.726. The van der Waals surface area contributed by atoms with Crippen LogP contribution in [0.4, 0.5) is 0 Å². The van der Waals surface area contributed by atoms with Gasteiger partial charge < -0.3 is 17.5 Å². The molecule has 2 aromatic carbocycles. The van der Waals surface area contributed by atoms with Crippen LogP contribution in [0.1, 0.15) is 17.2 Å². The first-order valence-corrected chi connectivity index (χ1v) is 6.57. The topological polar surface area (TPSA) is 23.1 Å². The number of hydrogen-bond donors (Lipinski definition) is 0. The van der Waals surface area contributed by atoms with Gasteiger partial charge in [-0.3, -0.25) is 0 Å². The summed E-state index contributed by atoms with van der Waals surface area (Å²) in [5.74, 6) is 0. The molecule has 0 heterocycles. The molecule has 2 rings (SSSR count). The van der Waals surface area contributed by atoms with Crippen molar-refractivity contribution in [3.05, 3.63) is 71.8 Å². The summed E-state index contributed by atoms with van der Waals surface area (Å²) in [6.07, 6.45) is 0.0283. The monoisotopic (exact) mass is 348 g/mol. The second-order valence-corrected chi connectivity index (χ2v) is 5.21. The van der Waals surface area contributed by atoms with Crippen LogP contribution in [0.25, 0.3) is 0 Å². The molecule has 0 aliphatic heterocycles. The average molecular weight is 350 g/mol. The quantitative estimate of drug-likeness (QED) is 0.550. The molecule has 0 aliphatic rings. The van der Waals surface area contributed by atoms with Crippen molar-refractivity contribution in [2.45, 2.75) is 17.4 Å². The van der Waals surface area contributed by atoms with Gasteiger partial charge in [-0.2, -0.15) is 0 Å². The minimum absolute atomic E-state index is 0. The van der Waals surface area contributed by atoms with Gasteiger partial charge in [-0.15, -0.1) is 0 Å². The van der Waals surface area contributed by atoms with Gasteiger partial charge in [0.25, 0.3) is 0 Å². The normalized spacial score (nSPS) is 12.7. The fourth-order valence-corrected chi connectivity index (χ4v) is 2.48. The van der Waals surface area contributed by atoms with E-state index in [1.807, 2.05) is 60.7 Å². The minimum Gasteiger partial charge on any atom is -1.00 e. The van der Waals surface area contributed by atoms with E-state index in [9.17, 15) is 5.11 Å². The largest absolute Gasteiger partial charge is 2.00 e. The second-order valence-electron chi connectivity index (χ2n) is 4.04. The van der Waals surface area contributed by atoms with Crippen molar-refractivity contribution in [2.24, 2.45) is 0 Å². The Morgan fingerprint density at radius 1 is 0.895 bits per heavy atom. The molecule has 96 valence electrons. The van der Waals surface area contributed by atoms with Crippen molar-refractivity contribution < 1.29 is 17.5 Å². The van der Waals surface area contributed by atoms with E-state index < -0.39 is 6.10 Å². The maximum Gasteiger partial charge on any atom is 2.00 e. The molecular weight excluding hydrogens is 336 g/mol. The predicted molar refractivity (Wildman–Crippen MR) is 77.8 cm³/mol. The molecule has 0 aromatic heterocycles. The van der Waals surface area contributed by atoms with Crippen LogP contribution in [0, 0.1) is 0 Å². The number of benzene rings is 2. The summed E-state index contributed by atoms with van der Waals surface area (Å²) in [5, 5.41) is 12.2. The summed E-state index contributed by atoms with van der Waals surface area (Å²) in [7, 11) is 0. The molecule has 0 saturated heterocycles. The maximum absolute atomic E-state index is 12.2.